The number of anilines is 2. The molecule has 2 aromatic heterocycles. The van der Waals surface area contributed by atoms with Crippen LogP contribution in [-0.4, -0.2) is 54.2 Å². The fourth-order valence-electron chi connectivity index (χ4n) is 5.20. The van der Waals surface area contributed by atoms with E-state index in [1.807, 2.05) is 41.1 Å². The first-order valence-electron chi connectivity index (χ1n) is 14.2. The Morgan fingerprint density at radius 2 is 1.72 bits per heavy atom. The zero-order valence-corrected chi connectivity index (χ0v) is 26.5. The molecule has 0 radical (unpaired) electrons. The van der Waals surface area contributed by atoms with Gasteiger partial charge in [-0.3, -0.25) is 24.1 Å². The average Bonchev–Trinajstić information content (AvgIpc) is 3.84. The summed E-state index contributed by atoms with van der Waals surface area (Å²) >= 11 is 2.68. The van der Waals surface area contributed by atoms with Crippen LogP contribution >= 0.6 is 22.7 Å². The van der Waals surface area contributed by atoms with Crippen LogP contribution in [0.25, 0.3) is 11.3 Å². The van der Waals surface area contributed by atoms with Gasteiger partial charge in [0.1, 0.15) is 29.1 Å². The Bertz CT molecular complexity index is 1910. The van der Waals surface area contributed by atoms with Crippen molar-refractivity contribution in [2.45, 2.75) is 12.6 Å². The Hall–Kier alpha value is -5.33. The maximum atomic E-state index is 14.3. The van der Waals surface area contributed by atoms with Crippen molar-refractivity contribution in [2.75, 3.05) is 31.0 Å². The lowest BCUT2D eigenvalue weighted by Crippen LogP contribution is -2.46. The van der Waals surface area contributed by atoms with Gasteiger partial charge in [-0.25, -0.2) is 4.98 Å². The first kappa shape index (κ1) is 30.7. The minimum atomic E-state index is -1.10. The maximum absolute atomic E-state index is 14.3. The molecule has 3 heterocycles. The van der Waals surface area contributed by atoms with Crippen molar-refractivity contribution in [2.24, 2.45) is 0 Å². The summed E-state index contributed by atoms with van der Waals surface area (Å²) in [5, 5.41) is 7.23. The van der Waals surface area contributed by atoms with E-state index in [4.69, 9.17) is 14.5 Å². The van der Waals surface area contributed by atoms with Gasteiger partial charge < -0.3 is 19.7 Å². The van der Waals surface area contributed by atoms with E-state index < -0.39 is 36.1 Å². The molecule has 5 aromatic rings. The van der Waals surface area contributed by atoms with Crippen molar-refractivity contribution in [3.63, 3.8) is 0 Å². The molecular weight excluding hydrogens is 625 g/mol. The summed E-state index contributed by atoms with van der Waals surface area (Å²) < 4.78 is 10.8. The number of methoxy groups -OCH3 is 2. The van der Waals surface area contributed by atoms with Crippen LogP contribution in [-0.2, 0) is 20.9 Å². The third-order valence-electron chi connectivity index (χ3n) is 7.46. The zero-order chi connectivity index (χ0) is 32.2. The molecule has 1 aliphatic rings. The van der Waals surface area contributed by atoms with Crippen molar-refractivity contribution >= 4 is 57.6 Å². The number of nitrogens with zero attached hydrogens (tertiary/aromatic N) is 3. The third-order valence-corrected chi connectivity index (χ3v) is 9.22. The second kappa shape index (κ2) is 13.3. The molecule has 12 heteroatoms. The summed E-state index contributed by atoms with van der Waals surface area (Å²) in [5.74, 6) is -1.59. The van der Waals surface area contributed by atoms with Crippen molar-refractivity contribution in [3.05, 3.63) is 111 Å². The van der Waals surface area contributed by atoms with E-state index in [9.17, 15) is 19.2 Å². The van der Waals surface area contributed by atoms with E-state index in [-0.39, 0.29) is 12.1 Å². The number of aromatic nitrogens is 1. The first-order valence-corrected chi connectivity index (χ1v) is 15.9. The van der Waals surface area contributed by atoms with Gasteiger partial charge in [-0.05, 0) is 35.7 Å². The van der Waals surface area contributed by atoms with Crippen molar-refractivity contribution in [1.82, 2.24) is 9.88 Å². The number of benzene rings is 3. The van der Waals surface area contributed by atoms with E-state index in [0.717, 1.165) is 11.3 Å². The molecule has 0 spiro atoms. The number of fused-ring (bicyclic) bond motifs is 1. The van der Waals surface area contributed by atoms with E-state index in [1.54, 1.807) is 54.6 Å². The molecule has 6 rings (SSSR count). The van der Waals surface area contributed by atoms with Gasteiger partial charge in [-0.2, -0.15) is 0 Å². The summed E-state index contributed by atoms with van der Waals surface area (Å²) in [4.78, 5) is 62.2. The van der Waals surface area contributed by atoms with Crippen LogP contribution in [0, 0.1) is 0 Å². The van der Waals surface area contributed by atoms with Crippen LogP contribution in [0.4, 0.5) is 11.4 Å². The lowest BCUT2D eigenvalue weighted by molar-refractivity contribution is -0.138. The van der Waals surface area contributed by atoms with Crippen molar-refractivity contribution in [1.29, 1.82) is 0 Å². The lowest BCUT2D eigenvalue weighted by atomic mass is 10.1. The van der Waals surface area contributed by atoms with Gasteiger partial charge in [0.25, 0.3) is 17.6 Å². The molecule has 3 aromatic carbocycles. The SMILES string of the molecule is COc1ccc(NC(=O)C(c2cccs2)N(Cc2nc(-c3ccccc3)cs2)C(=O)CN2C(=O)C(=O)c3ccccc32)c(OC)c1. The highest BCUT2D eigenvalue weighted by Gasteiger charge is 2.40. The lowest BCUT2D eigenvalue weighted by Gasteiger charge is -2.31. The molecule has 46 heavy (non-hydrogen) atoms. The molecule has 0 aliphatic carbocycles. The zero-order valence-electron chi connectivity index (χ0n) is 24.8. The Labute approximate surface area is 272 Å². The highest BCUT2D eigenvalue weighted by molar-refractivity contribution is 7.10. The standard InChI is InChI=1S/C34H28N4O6S2/c1-43-22-14-15-24(27(17-22)44-2)36-33(41)31(28-13-8-16-45-28)38(18-29-35-25(20-46-29)21-9-4-3-5-10-21)30(39)19-37-26-12-7-6-11-23(26)32(40)34(37)42/h3-17,20,31H,18-19H2,1-2H3,(H,36,41). The van der Waals surface area contributed by atoms with Gasteiger partial charge in [-0.1, -0.05) is 48.5 Å². The van der Waals surface area contributed by atoms with Gasteiger partial charge in [0.05, 0.1) is 43.4 Å². The second-order valence-electron chi connectivity index (χ2n) is 10.2. The topological polar surface area (TPSA) is 118 Å². The van der Waals surface area contributed by atoms with Crippen LogP contribution in [0.3, 0.4) is 0 Å². The van der Waals surface area contributed by atoms with Crippen LogP contribution < -0.4 is 19.7 Å². The molecule has 1 atom stereocenters. The Morgan fingerprint density at radius 3 is 2.46 bits per heavy atom. The number of carbonyl (C=O) groups excluding carboxylic acids is 4. The predicted octanol–water partition coefficient (Wildman–Crippen LogP) is 5.83. The number of Topliss-reactive ketones (excluding diaryl/α,β-unsaturated/α-hetero) is 1. The molecule has 3 amide bonds. The van der Waals surface area contributed by atoms with Crippen LogP contribution in [0.15, 0.2) is 95.7 Å². The number of hydrogen-bond donors (Lipinski definition) is 1. The van der Waals surface area contributed by atoms with Gasteiger partial charge in [0, 0.05) is 21.9 Å². The van der Waals surface area contributed by atoms with E-state index in [0.29, 0.717) is 32.8 Å². The number of rotatable bonds is 11. The first-order chi connectivity index (χ1) is 22.4. The number of thiophene rings is 1. The van der Waals surface area contributed by atoms with Crippen molar-refractivity contribution in [3.8, 4) is 22.8 Å². The molecule has 1 unspecified atom stereocenters. The van der Waals surface area contributed by atoms with Gasteiger partial charge in [-0.15, -0.1) is 22.7 Å². The highest BCUT2D eigenvalue weighted by atomic mass is 32.1. The molecule has 0 saturated carbocycles. The van der Waals surface area contributed by atoms with Crippen LogP contribution in [0.2, 0.25) is 0 Å². The quantitative estimate of drug-likeness (QED) is 0.179. The van der Waals surface area contributed by atoms with Gasteiger partial charge in [0.15, 0.2) is 0 Å². The summed E-state index contributed by atoms with van der Waals surface area (Å²) in [6.45, 7) is -0.469. The Kier molecular flexibility index (Phi) is 8.90. The van der Waals surface area contributed by atoms with E-state index >= 15 is 0 Å². The number of thiazole rings is 1. The van der Waals surface area contributed by atoms with Crippen LogP contribution in [0.5, 0.6) is 11.5 Å². The number of amides is 3. The fraction of sp³-hybridized carbons (Fsp3) is 0.147. The predicted molar refractivity (Wildman–Crippen MR) is 176 cm³/mol. The highest BCUT2D eigenvalue weighted by Crippen LogP contribution is 2.35. The summed E-state index contributed by atoms with van der Waals surface area (Å²) in [6.07, 6.45) is 0. The average molecular weight is 653 g/mol. The van der Waals surface area contributed by atoms with Gasteiger partial charge in [0.2, 0.25) is 5.91 Å². The summed E-state index contributed by atoms with van der Waals surface area (Å²) in [6, 6.07) is 23.7. The molecule has 1 aliphatic heterocycles. The third kappa shape index (κ3) is 6.12. The number of carbonyl (C=O) groups is 4. The molecule has 1 N–H and O–H groups in total. The second-order valence-corrected chi connectivity index (χ2v) is 12.1. The smallest absolute Gasteiger partial charge is 0.299 e. The van der Waals surface area contributed by atoms with Gasteiger partial charge >= 0.3 is 0 Å². The Morgan fingerprint density at radius 1 is 0.935 bits per heavy atom. The fourth-order valence-corrected chi connectivity index (χ4v) is 6.84. The molecule has 0 saturated heterocycles. The molecule has 0 fully saturated rings. The largest absolute Gasteiger partial charge is 0.497 e. The maximum Gasteiger partial charge on any atom is 0.299 e. The minimum absolute atomic E-state index is 0.0241. The van der Waals surface area contributed by atoms with E-state index in [1.165, 1.54) is 46.7 Å². The number of ketones is 1. The molecular formula is C34H28N4O6S2. The number of para-hydroxylation sites is 1. The number of hydrogen-bond acceptors (Lipinski definition) is 9. The number of nitrogens with one attached hydrogen (secondary N) is 1. The van der Waals surface area contributed by atoms with Crippen LogP contribution in [0.1, 0.15) is 26.3 Å². The molecule has 10 nitrogen and oxygen atoms in total. The monoisotopic (exact) mass is 652 g/mol. The van der Waals surface area contributed by atoms with Crippen molar-refractivity contribution < 1.29 is 28.7 Å². The summed E-state index contributed by atoms with van der Waals surface area (Å²) in [7, 11) is 3.01. The number of ether oxygens (including phenoxy) is 2. The normalized spacial score (nSPS) is 12.9. The Balaban J connectivity index is 1.37. The molecule has 0 bridgehead atoms. The summed E-state index contributed by atoms with van der Waals surface area (Å²) in [5.41, 5.74) is 2.63. The molecule has 232 valence electrons. The van der Waals surface area contributed by atoms with E-state index in [2.05, 4.69) is 5.32 Å². The minimum Gasteiger partial charge on any atom is -0.497 e.